The maximum Gasteiger partial charge on any atom is -0.162 e. The summed E-state index contributed by atoms with van der Waals surface area (Å²) in [7, 11) is 10.5. The summed E-state index contributed by atoms with van der Waals surface area (Å²) < 4.78 is 2.11. The summed E-state index contributed by atoms with van der Waals surface area (Å²) in [6, 6.07) is 0. The zero-order valence-corrected chi connectivity index (χ0v) is 17.1. The fourth-order valence-electron chi connectivity index (χ4n) is 0. The van der Waals surface area contributed by atoms with Crippen LogP contribution in [0, 0.1) is 13.8 Å². The molecule has 0 atom stereocenters. The summed E-state index contributed by atoms with van der Waals surface area (Å²) in [5.41, 5.74) is 0. The van der Waals surface area contributed by atoms with E-state index in [9.17, 15) is 0 Å². The van der Waals surface area contributed by atoms with E-state index in [4.69, 9.17) is 0 Å². The Bertz CT molecular complexity index is 44.7. The molecule has 0 radical (unpaired) electrons. The Kier molecular flexibility index (Phi) is 690. The molecule has 0 amide bonds. The fourth-order valence-corrected chi connectivity index (χ4v) is 0. The van der Waals surface area contributed by atoms with Crippen molar-refractivity contribution in [3.05, 3.63) is 42.1 Å². The van der Waals surface area contributed by atoms with Crippen LogP contribution in [-0.4, -0.2) is 46.5 Å². The first-order valence-electron chi connectivity index (χ1n) is 4.93. The quantitative estimate of drug-likeness (QED) is 0.462. The van der Waals surface area contributed by atoms with E-state index >= 15 is 0 Å². The fraction of sp³-hybridized carbons (Fsp3) is 0.750. The largest absolute Gasteiger partial charge is 0.693 e. The molecule has 0 bridgehead atoms. The Morgan fingerprint density at radius 3 is 0.667 bits per heavy atom. The Morgan fingerprint density at radius 1 is 0.667 bits per heavy atom. The first-order chi connectivity index (χ1) is 7.66. The minimum absolute atomic E-state index is 0. The Labute approximate surface area is 130 Å². The normalized spacial score (nSPS) is 4.33. The van der Waals surface area contributed by atoms with E-state index in [-0.39, 0.29) is 12.3 Å². The van der Waals surface area contributed by atoms with Crippen molar-refractivity contribution in [1.29, 1.82) is 0 Å². The summed E-state index contributed by atoms with van der Waals surface area (Å²) >= 11 is 1.40. The molecule has 0 aromatic carbocycles. The molecule has 0 saturated heterocycles. The second-order valence-corrected chi connectivity index (χ2v) is 3.46. The van der Waals surface area contributed by atoms with Crippen LogP contribution in [0.3, 0.4) is 0 Å². The van der Waals surface area contributed by atoms with E-state index in [2.05, 4.69) is 34.0 Å². The van der Waals surface area contributed by atoms with E-state index < -0.39 is 0 Å². The summed E-state index contributed by atoms with van der Waals surface area (Å²) in [5, 5.41) is 10.5. The van der Waals surface area contributed by atoms with Gasteiger partial charge in [0.25, 0.3) is 0 Å². The van der Waals surface area contributed by atoms with Gasteiger partial charge in [0.05, 0.1) is 0 Å². The molecule has 0 saturated carbocycles. The molecule has 121 valence electrons. The third kappa shape index (κ3) is 23200. The summed E-state index contributed by atoms with van der Waals surface area (Å²) in [5.74, 6) is 0. The molecule has 4 N–H and O–H groups in total. The van der Waals surface area contributed by atoms with Gasteiger partial charge in [0.1, 0.15) is 0 Å². The molecule has 18 heavy (non-hydrogen) atoms. The minimum atomic E-state index is 0. The average molecular weight is 431 g/mol. The molecule has 5 nitrogen and oxygen atoms in total. The van der Waals surface area contributed by atoms with Gasteiger partial charge in [0, 0.05) is 0 Å². The van der Waals surface area contributed by atoms with E-state index in [0.717, 1.165) is 0 Å². The topological polar surface area (TPSA) is 109 Å². The van der Waals surface area contributed by atoms with Crippen molar-refractivity contribution in [3.63, 3.8) is 0 Å². The van der Waals surface area contributed by atoms with Gasteiger partial charge in [-0.2, -0.15) is 56.1 Å². The molecule has 0 heterocycles. The monoisotopic (exact) mass is 431 g/mol. The van der Waals surface area contributed by atoms with Gasteiger partial charge in [-0.3, -0.25) is 0 Å². The van der Waals surface area contributed by atoms with Crippen LogP contribution >= 0.6 is 0 Å². The van der Waals surface area contributed by atoms with Gasteiger partial charge in [-0.1, -0.05) is 0 Å². The van der Waals surface area contributed by atoms with Crippen molar-refractivity contribution in [2.75, 3.05) is 42.3 Å². The van der Waals surface area contributed by atoms with Crippen molar-refractivity contribution in [2.24, 2.45) is 0 Å². The summed E-state index contributed by atoms with van der Waals surface area (Å²) in [6.45, 7) is 12.0. The molecule has 6 heteroatoms. The molecule has 0 fully saturated rings. The number of rotatable bonds is 0. The molecule has 0 aromatic rings. The Balaban J connectivity index is -0.0000000110. The molecule has 0 aliphatic rings. The SMILES string of the molecule is C[CH]=[Ta].C[N-]C.C[N-]C.C[N-]C.[CH2-]C.[CH2-]C.[NH2-].[NH2-]. The van der Waals surface area contributed by atoms with Gasteiger partial charge in [-0.15, -0.1) is 0 Å². The average Bonchev–Trinajstić information content (AvgIpc) is 2.27. The number of nitrogens with zero attached hydrogens (tertiary/aromatic N) is 3. The molecular formula is C12H36N5Ta-7. The van der Waals surface area contributed by atoms with Crippen molar-refractivity contribution in [2.45, 2.75) is 20.8 Å². The molecule has 0 aliphatic heterocycles. The van der Waals surface area contributed by atoms with Crippen LogP contribution in [0.5, 0.6) is 0 Å². The smallest absolute Gasteiger partial charge is 0.162 e. The van der Waals surface area contributed by atoms with Gasteiger partial charge in [-0.05, 0) is 0 Å². The standard InChI is InChI=1S/3C2H6N.2C2H5.C2H4.2H2N.Ta/c3*1-3-2;3*1-2;;;/h3*1-2H3;2*1H2,2H3;1H,2H3;2*1H2;/q5*-1;;2*-1;. The van der Waals surface area contributed by atoms with Crippen LogP contribution in [0.2, 0.25) is 0 Å². The van der Waals surface area contributed by atoms with Crippen molar-refractivity contribution in [3.8, 4) is 0 Å². The summed E-state index contributed by atoms with van der Waals surface area (Å²) in [4.78, 5) is 0. The molecular weight excluding hydrogens is 395 g/mol. The zero-order valence-electron chi connectivity index (χ0n) is 13.9. The first kappa shape index (κ1) is 51.5. The van der Waals surface area contributed by atoms with Gasteiger partial charge in [0.15, 0.2) is 0 Å². The van der Waals surface area contributed by atoms with Crippen LogP contribution < -0.4 is 0 Å². The Hall–Kier alpha value is 0.410. The first-order valence-corrected chi connectivity index (χ1v) is 6.79. The van der Waals surface area contributed by atoms with Gasteiger partial charge in [0.2, 0.25) is 0 Å². The molecule has 0 rings (SSSR count). The van der Waals surface area contributed by atoms with Crippen LogP contribution in [0.25, 0.3) is 28.3 Å². The van der Waals surface area contributed by atoms with Crippen molar-refractivity contribution >= 4 is 4.23 Å². The predicted molar refractivity (Wildman–Crippen MR) is 90.0 cm³/mol. The van der Waals surface area contributed by atoms with Gasteiger partial charge >= 0.3 is 31.8 Å². The van der Waals surface area contributed by atoms with E-state index in [1.165, 1.54) is 20.6 Å². The number of hydrogen-bond acceptors (Lipinski definition) is 0. The predicted octanol–water partition coefficient (Wildman–Crippen LogP) is 5.33. The van der Waals surface area contributed by atoms with Crippen molar-refractivity contribution in [1.82, 2.24) is 0 Å². The van der Waals surface area contributed by atoms with Crippen LogP contribution in [0.15, 0.2) is 0 Å². The molecule has 0 aliphatic carbocycles. The molecule has 0 aromatic heterocycles. The van der Waals surface area contributed by atoms with E-state index in [1.807, 2.05) is 6.92 Å². The second kappa shape index (κ2) is 241. The second-order valence-electron chi connectivity index (χ2n) is 1.60. The summed E-state index contributed by atoms with van der Waals surface area (Å²) in [6.07, 6.45) is 0. The number of nitrogens with two attached hydrogens (primary N) is 2. The third-order valence-corrected chi connectivity index (χ3v) is 0. The molecule has 0 spiro atoms. The van der Waals surface area contributed by atoms with E-state index in [0.29, 0.717) is 0 Å². The van der Waals surface area contributed by atoms with Crippen LogP contribution in [-0.2, 0) is 20.6 Å². The van der Waals surface area contributed by atoms with Crippen LogP contribution in [0.4, 0.5) is 0 Å². The van der Waals surface area contributed by atoms with E-state index in [1.54, 1.807) is 56.1 Å². The van der Waals surface area contributed by atoms with Gasteiger partial charge < -0.3 is 42.1 Å². The van der Waals surface area contributed by atoms with Crippen molar-refractivity contribution < 1.29 is 20.6 Å². The molecule has 0 unspecified atom stereocenters. The maximum absolute atomic E-state index is 3.50. The third-order valence-electron chi connectivity index (χ3n) is 0. The number of hydrogen-bond donors (Lipinski definition) is 0. The Morgan fingerprint density at radius 2 is 0.667 bits per heavy atom. The van der Waals surface area contributed by atoms with Crippen LogP contribution in [0.1, 0.15) is 20.8 Å². The van der Waals surface area contributed by atoms with Gasteiger partial charge in [-0.25, -0.2) is 0 Å². The zero-order chi connectivity index (χ0) is 14.8. The minimum Gasteiger partial charge on any atom is -0.693 e. The maximum atomic E-state index is 3.50.